The lowest BCUT2D eigenvalue weighted by Crippen LogP contribution is -2.02. The van der Waals surface area contributed by atoms with Gasteiger partial charge in [0.1, 0.15) is 11.5 Å². The number of rotatable bonds is 9. The number of nitrogens with zero attached hydrogens (tertiary/aromatic N) is 3. The molecular formula is C24H25FN4O3S. The van der Waals surface area contributed by atoms with Gasteiger partial charge >= 0.3 is 0 Å². The summed E-state index contributed by atoms with van der Waals surface area (Å²) >= 11 is 1.52. The molecule has 7 nitrogen and oxygen atoms in total. The number of ether oxygens (including phenoxy) is 3. The van der Waals surface area contributed by atoms with Crippen molar-refractivity contribution in [1.29, 1.82) is 0 Å². The second kappa shape index (κ2) is 9.91. The van der Waals surface area contributed by atoms with Gasteiger partial charge in [0.2, 0.25) is 5.75 Å². The maximum Gasteiger partial charge on any atom is 0.203 e. The standard InChI is InChI=1S/C24H25FN4O3S/c1-15-23(19-9-10-29(28-19)14-17-7-5-6-8-18(17)25)33-24(27-15)26-13-16-11-20(30-2)22(32-4)21(12-16)31-3/h5-12H,13-14H2,1-4H3,(H,26,27). The molecule has 0 aliphatic carbocycles. The monoisotopic (exact) mass is 468 g/mol. The predicted octanol–water partition coefficient (Wildman–Crippen LogP) is 5.14. The van der Waals surface area contributed by atoms with Gasteiger partial charge in [-0.1, -0.05) is 29.5 Å². The van der Waals surface area contributed by atoms with Gasteiger partial charge in [-0.25, -0.2) is 9.37 Å². The number of aromatic nitrogens is 3. The van der Waals surface area contributed by atoms with Gasteiger partial charge in [-0.2, -0.15) is 5.10 Å². The fourth-order valence-electron chi connectivity index (χ4n) is 3.50. The molecule has 0 aliphatic rings. The Morgan fingerprint density at radius 2 is 1.76 bits per heavy atom. The fraction of sp³-hybridized carbons (Fsp3) is 0.250. The normalized spacial score (nSPS) is 10.8. The van der Waals surface area contributed by atoms with Crippen molar-refractivity contribution in [2.45, 2.75) is 20.0 Å². The molecule has 0 radical (unpaired) electrons. The molecule has 0 unspecified atom stereocenters. The van der Waals surface area contributed by atoms with E-state index in [1.807, 2.05) is 37.4 Å². The van der Waals surface area contributed by atoms with Gasteiger partial charge in [0.15, 0.2) is 16.6 Å². The third-order valence-corrected chi connectivity index (χ3v) is 6.27. The second-order valence-electron chi connectivity index (χ2n) is 7.31. The van der Waals surface area contributed by atoms with Crippen LogP contribution in [0.4, 0.5) is 9.52 Å². The number of hydrogen-bond acceptors (Lipinski definition) is 7. The molecular weight excluding hydrogens is 443 g/mol. The van der Waals surface area contributed by atoms with Crippen molar-refractivity contribution >= 4 is 16.5 Å². The molecule has 0 spiro atoms. The topological polar surface area (TPSA) is 70.4 Å². The summed E-state index contributed by atoms with van der Waals surface area (Å²) in [4.78, 5) is 5.61. The van der Waals surface area contributed by atoms with Crippen LogP contribution >= 0.6 is 11.3 Å². The largest absolute Gasteiger partial charge is 0.493 e. The molecule has 0 aliphatic heterocycles. The van der Waals surface area contributed by atoms with Crippen LogP contribution in [0.1, 0.15) is 16.8 Å². The summed E-state index contributed by atoms with van der Waals surface area (Å²) in [5.74, 6) is 1.53. The highest BCUT2D eigenvalue weighted by atomic mass is 32.1. The van der Waals surface area contributed by atoms with E-state index in [4.69, 9.17) is 14.2 Å². The lowest BCUT2D eigenvalue weighted by atomic mass is 10.2. The lowest BCUT2D eigenvalue weighted by molar-refractivity contribution is 0.324. The Kier molecular flexibility index (Phi) is 6.79. The third kappa shape index (κ3) is 4.93. The quantitative estimate of drug-likeness (QED) is 0.367. The van der Waals surface area contributed by atoms with Gasteiger partial charge in [0.25, 0.3) is 0 Å². The zero-order chi connectivity index (χ0) is 23.4. The van der Waals surface area contributed by atoms with Crippen molar-refractivity contribution in [2.75, 3.05) is 26.6 Å². The van der Waals surface area contributed by atoms with Gasteiger partial charge in [0, 0.05) is 18.3 Å². The highest BCUT2D eigenvalue weighted by Crippen LogP contribution is 2.38. The summed E-state index contributed by atoms with van der Waals surface area (Å²) in [5, 5.41) is 8.75. The van der Waals surface area contributed by atoms with Crippen molar-refractivity contribution in [3.63, 3.8) is 0 Å². The zero-order valence-electron chi connectivity index (χ0n) is 18.9. The summed E-state index contributed by atoms with van der Waals surface area (Å²) in [7, 11) is 4.77. The van der Waals surface area contributed by atoms with Crippen LogP contribution in [0.2, 0.25) is 0 Å². The first-order valence-corrected chi connectivity index (χ1v) is 11.1. The number of thiazole rings is 1. The van der Waals surface area contributed by atoms with E-state index in [9.17, 15) is 4.39 Å². The number of nitrogens with one attached hydrogen (secondary N) is 1. The Morgan fingerprint density at radius 3 is 2.42 bits per heavy atom. The molecule has 2 heterocycles. The van der Waals surface area contributed by atoms with Crippen LogP contribution in [0, 0.1) is 12.7 Å². The molecule has 0 fully saturated rings. The van der Waals surface area contributed by atoms with E-state index < -0.39 is 0 Å². The average Bonchev–Trinajstić information content (AvgIpc) is 3.44. The minimum absolute atomic E-state index is 0.234. The molecule has 2 aromatic carbocycles. The van der Waals surface area contributed by atoms with Gasteiger partial charge in [-0.15, -0.1) is 0 Å². The van der Waals surface area contributed by atoms with Crippen LogP contribution in [0.25, 0.3) is 10.6 Å². The number of hydrogen-bond donors (Lipinski definition) is 1. The maximum atomic E-state index is 14.0. The summed E-state index contributed by atoms with van der Waals surface area (Å²) < 4.78 is 31.9. The second-order valence-corrected chi connectivity index (χ2v) is 8.31. The number of halogens is 1. The number of anilines is 1. The van der Waals surface area contributed by atoms with Crippen LogP contribution < -0.4 is 19.5 Å². The Balaban J connectivity index is 1.48. The molecule has 172 valence electrons. The highest BCUT2D eigenvalue weighted by molar-refractivity contribution is 7.19. The van der Waals surface area contributed by atoms with Crippen LogP contribution in [0.3, 0.4) is 0 Å². The molecule has 1 N–H and O–H groups in total. The molecule has 0 bridgehead atoms. The molecule has 33 heavy (non-hydrogen) atoms. The minimum atomic E-state index is -0.234. The molecule has 4 rings (SSSR count). The smallest absolute Gasteiger partial charge is 0.203 e. The lowest BCUT2D eigenvalue weighted by Gasteiger charge is -2.14. The summed E-state index contributed by atoms with van der Waals surface area (Å²) in [6.07, 6.45) is 1.85. The number of aryl methyl sites for hydroxylation is 1. The predicted molar refractivity (Wildman–Crippen MR) is 127 cm³/mol. The van der Waals surface area contributed by atoms with Crippen molar-refractivity contribution in [3.05, 3.63) is 71.3 Å². The van der Waals surface area contributed by atoms with Gasteiger partial charge in [-0.05, 0) is 36.8 Å². The van der Waals surface area contributed by atoms with E-state index in [-0.39, 0.29) is 5.82 Å². The molecule has 9 heteroatoms. The van der Waals surface area contributed by atoms with Crippen LogP contribution in [-0.2, 0) is 13.1 Å². The van der Waals surface area contributed by atoms with Crippen LogP contribution in [-0.4, -0.2) is 36.1 Å². The molecule has 0 atom stereocenters. The van der Waals surface area contributed by atoms with Crippen molar-refractivity contribution in [2.24, 2.45) is 0 Å². The van der Waals surface area contributed by atoms with E-state index in [1.54, 1.807) is 38.1 Å². The Morgan fingerprint density at radius 1 is 1.03 bits per heavy atom. The molecule has 0 saturated carbocycles. The maximum absolute atomic E-state index is 14.0. The molecule has 2 aromatic heterocycles. The zero-order valence-corrected chi connectivity index (χ0v) is 19.7. The summed E-state index contributed by atoms with van der Waals surface area (Å²) in [5.41, 5.74) is 3.25. The van der Waals surface area contributed by atoms with E-state index in [2.05, 4.69) is 15.4 Å². The van der Waals surface area contributed by atoms with E-state index in [0.29, 0.717) is 35.9 Å². The van der Waals surface area contributed by atoms with Crippen molar-refractivity contribution in [1.82, 2.24) is 14.8 Å². The Bertz CT molecular complexity index is 1230. The van der Waals surface area contributed by atoms with Gasteiger partial charge < -0.3 is 19.5 Å². The van der Waals surface area contributed by atoms with E-state index >= 15 is 0 Å². The SMILES string of the molecule is COc1cc(CNc2nc(C)c(-c3ccn(Cc4ccccc4F)n3)s2)cc(OC)c1OC. The molecule has 0 saturated heterocycles. The summed E-state index contributed by atoms with van der Waals surface area (Å²) in [6, 6.07) is 12.5. The van der Waals surface area contributed by atoms with Crippen LogP contribution in [0.15, 0.2) is 48.7 Å². The minimum Gasteiger partial charge on any atom is -0.493 e. The third-order valence-electron chi connectivity index (χ3n) is 5.13. The first-order chi connectivity index (χ1) is 16.0. The van der Waals surface area contributed by atoms with E-state index in [0.717, 1.165) is 27.0 Å². The number of benzene rings is 2. The first kappa shape index (κ1) is 22.6. The van der Waals surface area contributed by atoms with Gasteiger partial charge in [0.05, 0.1) is 38.4 Å². The average molecular weight is 469 g/mol. The van der Waals surface area contributed by atoms with E-state index in [1.165, 1.54) is 17.4 Å². The number of methoxy groups -OCH3 is 3. The summed E-state index contributed by atoms with van der Waals surface area (Å²) in [6.45, 7) is 2.86. The first-order valence-electron chi connectivity index (χ1n) is 10.3. The molecule has 0 amide bonds. The van der Waals surface area contributed by atoms with Gasteiger partial charge in [-0.3, -0.25) is 4.68 Å². The van der Waals surface area contributed by atoms with Crippen LogP contribution in [0.5, 0.6) is 17.2 Å². The van der Waals surface area contributed by atoms with Crippen molar-refractivity contribution < 1.29 is 18.6 Å². The highest BCUT2D eigenvalue weighted by Gasteiger charge is 2.15. The molecule has 4 aromatic rings. The Hall–Kier alpha value is -3.59. The fourth-order valence-corrected chi connectivity index (χ4v) is 4.42. The van der Waals surface area contributed by atoms with Crippen molar-refractivity contribution in [3.8, 4) is 27.8 Å². The Labute approximate surface area is 195 Å².